The Kier molecular flexibility index (Phi) is 7.92. The SMILES string of the molecule is COc1ccc(/C=N\NC(=O)c2cccc(NC(=O)c3cccc([N+](=O)[O-])c3)c2)c(C(=O)O)c1OC. The molecule has 0 unspecified atom stereocenters. The number of non-ortho nitro benzene ring substituents is 1. The van der Waals surface area contributed by atoms with Gasteiger partial charge in [-0.1, -0.05) is 12.1 Å². The zero-order chi connectivity index (χ0) is 26.2. The van der Waals surface area contributed by atoms with Crippen LogP contribution in [0.5, 0.6) is 11.5 Å². The topological polar surface area (TPSA) is 169 Å². The highest BCUT2D eigenvalue weighted by Gasteiger charge is 2.20. The molecule has 0 saturated carbocycles. The summed E-state index contributed by atoms with van der Waals surface area (Å²) in [6, 6.07) is 14.1. The summed E-state index contributed by atoms with van der Waals surface area (Å²) in [4.78, 5) is 47.0. The summed E-state index contributed by atoms with van der Waals surface area (Å²) in [5.41, 5.74) is 2.53. The fourth-order valence-electron chi connectivity index (χ4n) is 3.20. The van der Waals surface area contributed by atoms with Crippen molar-refractivity contribution in [1.29, 1.82) is 0 Å². The third kappa shape index (κ3) is 5.80. The van der Waals surface area contributed by atoms with Crippen molar-refractivity contribution < 1.29 is 33.9 Å². The predicted octanol–water partition coefficient (Wildman–Crippen LogP) is 3.33. The van der Waals surface area contributed by atoms with Crippen LogP contribution in [0.25, 0.3) is 0 Å². The van der Waals surface area contributed by atoms with Crippen LogP contribution in [0.15, 0.2) is 65.8 Å². The molecule has 0 atom stereocenters. The number of nitrogens with zero attached hydrogens (tertiary/aromatic N) is 2. The molecule has 36 heavy (non-hydrogen) atoms. The summed E-state index contributed by atoms with van der Waals surface area (Å²) >= 11 is 0. The monoisotopic (exact) mass is 492 g/mol. The molecule has 0 aliphatic carbocycles. The van der Waals surface area contributed by atoms with Gasteiger partial charge >= 0.3 is 5.97 Å². The van der Waals surface area contributed by atoms with Gasteiger partial charge in [-0.3, -0.25) is 19.7 Å². The van der Waals surface area contributed by atoms with Crippen molar-refractivity contribution in [3.05, 3.63) is 93.0 Å². The smallest absolute Gasteiger partial charge is 0.340 e. The second-order valence-electron chi connectivity index (χ2n) is 7.11. The number of ether oxygens (including phenoxy) is 2. The molecule has 0 radical (unpaired) electrons. The predicted molar refractivity (Wildman–Crippen MR) is 129 cm³/mol. The van der Waals surface area contributed by atoms with E-state index in [4.69, 9.17) is 9.47 Å². The maximum atomic E-state index is 12.5. The second kappa shape index (κ2) is 11.2. The van der Waals surface area contributed by atoms with Crippen molar-refractivity contribution in [2.75, 3.05) is 19.5 Å². The first-order valence-corrected chi connectivity index (χ1v) is 10.2. The Labute approximate surface area is 204 Å². The molecular formula is C24H20N4O8. The van der Waals surface area contributed by atoms with E-state index in [1.54, 1.807) is 0 Å². The lowest BCUT2D eigenvalue weighted by molar-refractivity contribution is -0.384. The van der Waals surface area contributed by atoms with Crippen LogP contribution in [-0.2, 0) is 0 Å². The van der Waals surface area contributed by atoms with Crippen molar-refractivity contribution in [2.24, 2.45) is 5.10 Å². The zero-order valence-corrected chi connectivity index (χ0v) is 19.1. The highest BCUT2D eigenvalue weighted by Crippen LogP contribution is 2.32. The molecule has 0 aromatic heterocycles. The maximum Gasteiger partial charge on any atom is 0.340 e. The molecule has 3 rings (SSSR count). The number of carboxylic acids is 1. The minimum atomic E-state index is -1.27. The number of methoxy groups -OCH3 is 2. The van der Waals surface area contributed by atoms with Gasteiger partial charge in [0.2, 0.25) is 0 Å². The van der Waals surface area contributed by atoms with E-state index in [9.17, 15) is 29.6 Å². The molecule has 0 aliphatic heterocycles. The lowest BCUT2D eigenvalue weighted by Gasteiger charge is -2.12. The number of hydrogen-bond donors (Lipinski definition) is 3. The Bertz CT molecular complexity index is 1370. The van der Waals surface area contributed by atoms with Gasteiger partial charge in [0.1, 0.15) is 5.56 Å². The summed E-state index contributed by atoms with van der Waals surface area (Å²) in [6.45, 7) is 0. The third-order valence-corrected chi connectivity index (χ3v) is 4.86. The number of nitro groups is 1. The number of amides is 2. The molecule has 0 heterocycles. The van der Waals surface area contributed by atoms with Gasteiger partial charge < -0.3 is 19.9 Å². The van der Waals surface area contributed by atoms with Gasteiger partial charge in [-0.15, -0.1) is 0 Å². The molecular weight excluding hydrogens is 472 g/mol. The summed E-state index contributed by atoms with van der Waals surface area (Å²) in [7, 11) is 2.68. The van der Waals surface area contributed by atoms with Crippen molar-refractivity contribution in [2.45, 2.75) is 0 Å². The Balaban J connectivity index is 1.74. The lowest BCUT2D eigenvalue weighted by Crippen LogP contribution is -2.19. The molecule has 2 amide bonds. The van der Waals surface area contributed by atoms with E-state index in [1.165, 1.54) is 68.8 Å². The van der Waals surface area contributed by atoms with Crippen LogP contribution >= 0.6 is 0 Å². The molecule has 0 fully saturated rings. The van der Waals surface area contributed by atoms with Crippen LogP contribution in [0.2, 0.25) is 0 Å². The number of hydrazone groups is 1. The van der Waals surface area contributed by atoms with Gasteiger partial charge in [0, 0.05) is 34.5 Å². The highest BCUT2D eigenvalue weighted by molar-refractivity contribution is 6.06. The normalized spacial score (nSPS) is 10.5. The van der Waals surface area contributed by atoms with E-state index in [0.717, 1.165) is 12.3 Å². The summed E-state index contributed by atoms with van der Waals surface area (Å²) < 4.78 is 10.2. The fraction of sp³-hybridized carbons (Fsp3) is 0.0833. The average Bonchev–Trinajstić information content (AvgIpc) is 2.88. The first-order chi connectivity index (χ1) is 17.2. The number of nitrogens with one attached hydrogen (secondary N) is 2. The number of benzene rings is 3. The molecule has 0 aliphatic rings. The van der Waals surface area contributed by atoms with Crippen LogP contribution in [0.3, 0.4) is 0 Å². The number of rotatable bonds is 9. The fourth-order valence-corrected chi connectivity index (χ4v) is 3.20. The summed E-state index contributed by atoms with van der Waals surface area (Å²) in [5, 5.41) is 26.9. The summed E-state index contributed by atoms with van der Waals surface area (Å²) in [5.74, 6) is -2.27. The average molecular weight is 492 g/mol. The lowest BCUT2D eigenvalue weighted by atomic mass is 10.1. The Morgan fingerprint density at radius 1 is 0.972 bits per heavy atom. The molecule has 3 aromatic rings. The van der Waals surface area contributed by atoms with E-state index in [2.05, 4.69) is 15.8 Å². The quantitative estimate of drug-likeness (QED) is 0.232. The molecule has 3 aromatic carbocycles. The van der Waals surface area contributed by atoms with Crippen molar-refractivity contribution in [1.82, 2.24) is 5.43 Å². The second-order valence-corrected chi connectivity index (χ2v) is 7.11. The molecule has 0 spiro atoms. The van der Waals surface area contributed by atoms with Crippen LogP contribution in [0, 0.1) is 10.1 Å². The Hall–Kier alpha value is -5.26. The van der Waals surface area contributed by atoms with E-state index in [-0.39, 0.29) is 45.1 Å². The zero-order valence-electron chi connectivity index (χ0n) is 19.1. The third-order valence-electron chi connectivity index (χ3n) is 4.86. The highest BCUT2D eigenvalue weighted by atomic mass is 16.6. The van der Waals surface area contributed by atoms with Crippen molar-refractivity contribution in [3.63, 3.8) is 0 Å². The van der Waals surface area contributed by atoms with Gasteiger partial charge in [0.25, 0.3) is 17.5 Å². The van der Waals surface area contributed by atoms with Gasteiger partial charge in [-0.05, 0) is 36.4 Å². The molecule has 0 bridgehead atoms. The minimum Gasteiger partial charge on any atom is -0.493 e. The van der Waals surface area contributed by atoms with Crippen LogP contribution in [0.1, 0.15) is 36.6 Å². The number of carbonyl (C=O) groups excluding carboxylic acids is 2. The number of aromatic carboxylic acids is 1. The van der Waals surface area contributed by atoms with E-state index < -0.39 is 22.7 Å². The first kappa shape index (κ1) is 25.4. The van der Waals surface area contributed by atoms with Crippen molar-refractivity contribution in [3.8, 4) is 11.5 Å². The van der Waals surface area contributed by atoms with Crippen LogP contribution in [-0.4, -0.2) is 48.2 Å². The van der Waals surface area contributed by atoms with E-state index in [0.29, 0.717) is 0 Å². The first-order valence-electron chi connectivity index (χ1n) is 10.2. The van der Waals surface area contributed by atoms with Gasteiger partial charge in [-0.25, -0.2) is 10.2 Å². The van der Waals surface area contributed by atoms with Crippen molar-refractivity contribution >= 4 is 35.4 Å². The standard InChI is InChI=1S/C24H20N4O8/c1-35-19-10-9-16(20(24(31)32)21(19)36-2)13-25-27-23(30)14-5-3-7-17(11-14)26-22(29)15-6-4-8-18(12-15)28(33)34/h3-13H,1-2H3,(H,26,29)(H,27,30)(H,31,32)/b25-13-. The number of anilines is 1. The Morgan fingerprint density at radius 2 is 1.67 bits per heavy atom. The number of hydrogen-bond acceptors (Lipinski definition) is 8. The number of nitro benzene ring substituents is 1. The summed E-state index contributed by atoms with van der Waals surface area (Å²) in [6.07, 6.45) is 1.15. The largest absolute Gasteiger partial charge is 0.493 e. The van der Waals surface area contributed by atoms with E-state index in [1.807, 2.05) is 0 Å². The van der Waals surface area contributed by atoms with E-state index >= 15 is 0 Å². The minimum absolute atomic E-state index is 0.00691. The van der Waals surface area contributed by atoms with Gasteiger partial charge in [-0.2, -0.15) is 5.10 Å². The maximum absolute atomic E-state index is 12.5. The number of carbonyl (C=O) groups is 3. The van der Waals surface area contributed by atoms with Gasteiger partial charge in [0.15, 0.2) is 11.5 Å². The van der Waals surface area contributed by atoms with Gasteiger partial charge in [0.05, 0.1) is 25.4 Å². The molecule has 0 saturated heterocycles. The Morgan fingerprint density at radius 3 is 2.31 bits per heavy atom. The van der Waals surface area contributed by atoms with Crippen LogP contribution < -0.4 is 20.2 Å². The molecule has 12 nitrogen and oxygen atoms in total. The van der Waals surface area contributed by atoms with Crippen LogP contribution in [0.4, 0.5) is 11.4 Å². The molecule has 12 heteroatoms. The number of carboxylic acid groups (broad SMARTS) is 1. The molecule has 184 valence electrons. The molecule has 3 N–H and O–H groups in total.